The molecule has 1 saturated heterocycles. The van der Waals surface area contributed by atoms with Gasteiger partial charge >= 0.3 is 0 Å². The number of piperazine rings is 1. The largest absolute Gasteiger partial charge is 0.300 e. The highest BCUT2D eigenvalue weighted by atomic mass is 15.3. The summed E-state index contributed by atoms with van der Waals surface area (Å²) in [5.41, 5.74) is 4.67. The maximum absolute atomic E-state index is 4.22. The smallest absolute Gasteiger partial charge is 0.0312 e. The van der Waals surface area contributed by atoms with Crippen LogP contribution in [-0.4, -0.2) is 47.5 Å². The molecule has 0 atom stereocenters. The van der Waals surface area contributed by atoms with Crippen LogP contribution in [0, 0.1) is 6.92 Å². The second kappa shape index (κ2) is 6.66. The van der Waals surface area contributed by atoms with Gasteiger partial charge in [0.05, 0.1) is 0 Å². The quantitative estimate of drug-likeness (QED) is 0.843. The fraction of sp³-hybridized carbons (Fsp3) is 0.476. The van der Waals surface area contributed by atoms with Gasteiger partial charge in [-0.2, -0.15) is 0 Å². The van der Waals surface area contributed by atoms with Gasteiger partial charge in [-0.3, -0.25) is 14.8 Å². The first kappa shape index (κ1) is 15.8. The zero-order chi connectivity index (χ0) is 16.4. The maximum Gasteiger partial charge on any atom is 0.0312 e. The molecule has 1 aromatic heterocycles. The summed E-state index contributed by atoms with van der Waals surface area (Å²) in [7, 11) is 0. The first-order chi connectivity index (χ1) is 11.7. The lowest BCUT2D eigenvalue weighted by Crippen LogP contribution is -2.48. The highest BCUT2D eigenvalue weighted by molar-refractivity contribution is 5.34. The predicted molar refractivity (Wildman–Crippen MR) is 98.0 cm³/mol. The number of aromatic nitrogens is 1. The lowest BCUT2D eigenvalue weighted by atomic mass is 9.94. The summed E-state index contributed by atoms with van der Waals surface area (Å²) in [6, 6.07) is 13.4. The van der Waals surface area contributed by atoms with Crippen LogP contribution in [0.2, 0.25) is 0 Å². The normalized spacial score (nSPS) is 20.9. The summed E-state index contributed by atoms with van der Waals surface area (Å²) in [6.07, 6.45) is 6.54. The Kier molecular flexibility index (Phi) is 4.38. The zero-order valence-corrected chi connectivity index (χ0v) is 14.6. The van der Waals surface area contributed by atoms with Gasteiger partial charge in [-0.15, -0.1) is 0 Å². The molecule has 1 aliphatic carbocycles. The summed E-state index contributed by atoms with van der Waals surface area (Å²) in [5, 5.41) is 0. The van der Waals surface area contributed by atoms with Crippen LogP contribution < -0.4 is 0 Å². The fourth-order valence-electron chi connectivity index (χ4n) is 3.88. The van der Waals surface area contributed by atoms with Crippen LogP contribution in [0.15, 0.2) is 48.8 Å². The van der Waals surface area contributed by atoms with Crippen LogP contribution in [0.5, 0.6) is 0 Å². The third kappa shape index (κ3) is 3.52. The molecule has 1 saturated carbocycles. The molecule has 4 rings (SSSR count). The minimum Gasteiger partial charge on any atom is -0.300 e. The Hall–Kier alpha value is -1.71. The van der Waals surface area contributed by atoms with Crippen molar-refractivity contribution in [1.29, 1.82) is 0 Å². The van der Waals surface area contributed by atoms with Gasteiger partial charge in [-0.1, -0.05) is 35.9 Å². The Morgan fingerprint density at radius 3 is 2.29 bits per heavy atom. The number of hydrogen-bond donors (Lipinski definition) is 0. The van der Waals surface area contributed by atoms with E-state index in [0.717, 1.165) is 6.54 Å². The summed E-state index contributed by atoms with van der Waals surface area (Å²) >= 11 is 0. The highest BCUT2D eigenvalue weighted by Gasteiger charge is 2.45. The second-order valence-electron chi connectivity index (χ2n) is 7.56. The van der Waals surface area contributed by atoms with E-state index in [2.05, 4.69) is 52.0 Å². The monoisotopic (exact) mass is 321 g/mol. The fourth-order valence-corrected chi connectivity index (χ4v) is 3.88. The van der Waals surface area contributed by atoms with Crippen LogP contribution in [0.25, 0.3) is 0 Å². The van der Waals surface area contributed by atoms with Crippen molar-refractivity contribution in [3.8, 4) is 0 Å². The average Bonchev–Trinajstić information content (AvgIpc) is 3.39. The lowest BCUT2D eigenvalue weighted by Gasteiger charge is -2.36. The summed E-state index contributed by atoms with van der Waals surface area (Å²) < 4.78 is 0. The Bertz CT molecular complexity index is 653. The highest BCUT2D eigenvalue weighted by Crippen LogP contribution is 2.48. The Morgan fingerprint density at radius 2 is 1.67 bits per heavy atom. The van der Waals surface area contributed by atoms with E-state index >= 15 is 0 Å². The lowest BCUT2D eigenvalue weighted by molar-refractivity contribution is 0.119. The third-order valence-corrected chi connectivity index (χ3v) is 5.64. The molecule has 0 N–H and O–H groups in total. The van der Waals surface area contributed by atoms with Crippen LogP contribution >= 0.6 is 0 Å². The molecule has 2 fully saturated rings. The molecule has 2 aromatic rings. The molecule has 126 valence electrons. The van der Waals surface area contributed by atoms with Crippen LogP contribution in [0.3, 0.4) is 0 Å². The molecule has 3 nitrogen and oxygen atoms in total. The second-order valence-corrected chi connectivity index (χ2v) is 7.56. The molecule has 24 heavy (non-hydrogen) atoms. The summed E-state index contributed by atoms with van der Waals surface area (Å²) in [6.45, 7) is 9.14. The van der Waals surface area contributed by atoms with Crippen molar-refractivity contribution in [2.75, 3.05) is 32.7 Å². The standard InChI is InChI=1S/C21H27N3/c1-18-4-6-20(7-5-18)21(8-9-21)17-24-13-11-23(12-14-24)16-19-3-2-10-22-15-19/h2-7,10,15H,8-9,11-14,16-17H2,1H3. The van der Waals surface area contributed by atoms with Gasteiger partial charge in [-0.05, 0) is 37.0 Å². The van der Waals surface area contributed by atoms with E-state index in [1.807, 2.05) is 18.5 Å². The van der Waals surface area contributed by atoms with Gasteiger partial charge in [0.2, 0.25) is 0 Å². The van der Waals surface area contributed by atoms with E-state index in [9.17, 15) is 0 Å². The molecular weight excluding hydrogens is 294 g/mol. The van der Waals surface area contributed by atoms with E-state index in [4.69, 9.17) is 0 Å². The van der Waals surface area contributed by atoms with Crippen molar-refractivity contribution in [2.24, 2.45) is 0 Å². The van der Waals surface area contributed by atoms with Gasteiger partial charge in [0.1, 0.15) is 0 Å². The molecule has 1 aliphatic heterocycles. The van der Waals surface area contributed by atoms with Crippen molar-refractivity contribution < 1.29 is 0 Å². The van der Waals surface area contributed by atoms with Crippen LogP contribution in [-0.2, 0) is 12.0 Å². The average molecular weight is 321 g/mol. The van der Waals surface area contributed by atoms with E-state index in [1.54, 1.807) is 5.56 Å². The summed E-state index contributed by atoms with van der Waals surface area (Å²) in [4.78, 5) is 9.45. The molecule has 0 amide bonds. The first-order valence-corrected chi connectivity index (χ1v) is 9.14. The summed E-state index contributed by atoms with van der Waals surface area (Å²) in [5.74, 6) is 0. The Morgan fingerprint density at radius 1 is 0.958 bits per heavy atom. The van der Waals surface area contributed by atoms with Crippen molar-refractivity contribution >= 4 is 0 Å². The van der Waals surface area contributed by atoms with Gasteiger partial charge in [-0.25, -0.2) is 0 Å². The minimum atomic E-state index is 0.444. The number of pyridine rings is 1. The number of hydrogen-bond acceptors (Lipinski definition) is 3. The molecule has 3 heteroatoms. The number of benzene rings is 1. The van der Waals surface area contributed by atoms with Crippen LogP contribution in [0.4, 0.5) is 0 Å². The van der Waals surface area contributed by atoms with Crippen molar-refractivity contribution in [3.63, 3.8) is 0 Å². The topological polar surface area (TPSA) is 19.4 Å². The van der Waals surface area contributed by atoms with Gasteiger partial charge in [0, 0.05) is 57.1 Å². The molecular formula is C21H27N3. The number of nitrogens with zero attached hydrogens (tertiary/aromatic N) is 3. The zero-order valence-electron chi connectivity index (χ0n) is 14.6. The molecule has 1 aromatic carbocycles. The minimum absolute atomic E-state index is 0.444. The van der Waals surface area contributed by atoms with E-state index in [0.29, 0.717) is 5.41 Å². The molecule has 0 spiro atoms. The van der Waals surface area contributed by atoms with Crippen LogP contribution in [0.1, 0.15) is 29.5 Å². The Balaban J connectivity index is 1.31. The van der Waals surface area contributed by atoms with Crippen molar-refractivity contribution in [1.82, 2.24) is 14.8 Å². The molecule has 0 unspecified atom stereocenters. The predicted octanol–water partition coefficient (Wildman–Crippen LogP) is 3.24. The van der Waals surface area contributed by atoms with E-state index in [1.165, 1.54) is 56.7 Å². The molecule has 0 radical (unpaired) electrons. The molecule has 2 heterocycles. The van der Waals surface area contributed by atoms with Gasteiger partial charge < -0.3 is 0 Å². The maximum atomic E-state index is 4.22. The van der Waals surface area contributed by atoms with E-state index in [-0.39, 0.29) is 0 Å². The Labute approximate surface area is 145 Å². The number of aryl methyl sites for hydroxylation is 1. The van der Waals surface area contributed by atoms with Gasteiger partial charge in [0.25, 0.3) is 0 Å². The third-order valence-electron chi connectivity index (χ3n) is 5.64. The molecule has 2 aliphatic rings. The van der Waals surface area contributed by atoms with Crippen molar-refractivity contribution in [2.45, 2.75) is 31.7 Å². The van der Waals surface area contributed by atoms with Crippen molar-refractivity contribution in [3.05, 3.63) is 65.5 Å². The molecule has 0 bridgehead atoms. The van der Waals surface area contributed by atoms with E-state index < -0.39 is 0 Å². The van der Waals surface area contributed by atoms with Gasteiger partial charge in [0.15, 0.2) is 0 Å². The SMILES string of the molecule is Cc1ccc(C2(CN3CCN(Cc4cccnc4)CC3)CC2)cc1. The first-order valence-electron chi connectivity index (χ1n) is 9.14. The number of rotatable bonds is 5.